The number of piperazine rings is 1. The van der Waals surface area contributed by atoms with E-state index in [4.69, 9.17) is 0 Å². The van der Waals surface area contributed by atoms with Crippen LogP contribution in [0.4, 0.5) is 5.69 Å². The summed E-state index contributed by atoms with van der Waals surface area (Å²) in [6.45, 7) is 7.15. The minimum Gasteiger partial charge on any atom is -0.369 e. The molecule has 0 atom stereocenters. The number of anilines is 1. The Labute approximate surface area is 138 Å². The highest BCUT2D eigenvalue weighted by atomic mass is 16.1. The Balaban J connectivity index is 1.55. The Morgan fingerprint density at radius 3 is 2.17 bits per heavy atom. The van der Waals surface area contributed by atoms with Crippen LogP contribution < -0.4 is 4.90 Å². The van der Waals surface area contributed by atoms with Gasteiger partial charge in [-0.2, -0.15) is 0 Å². The Kier molecular flexibility index (Phi) is 5.09. The first-order valence-corrected chi connectivity index (χ1v) is 8.41. The van der Waals surface area contributed by atoms with Gasteiger partial charge in [-0.1, -0.05) is 37.3 Å². The van der Waals surface area contributed by atoms with Gasteiger partial charge in [0.05, 0.1) is 0 Å². The molecule has 3 heteroatoms. The summed E-state index contributed by atoms with van der Waals surface area (Å²) < 4.78 is 0. The summed E-state index contributed by atoms with van der Waals surface area (Å²) in [5.74, 6) is 0.212. The molecule has 3 nitrogen and oxygen atoms in total. The van der Waals surface area contributed by atoms with Gasteiger partial charge in [-0.3, -0.25) is 9.69 Å². The number of hydrogen-bond donors (Lipinski definition) is 0. The number of nitrogens with zero attached hydrogens (tertiary/aromatic N) is 2. The zero-order chi connectivity index (χ0) is 16.1. The van der Waals surface area contributed by atoms with E-state index in [1.165, 1.54) is 11.3 Å². The second kappa shape index (κ2) is 7.42. The SMILES string of the molecule is CCC(=O)c1ccc(N2CCN(Cc3ccccc3)CC2)cc1. The highest BCUT2D eigenvalue weighted by Crippen LogP contribution is 2.19. The molecule has 1 heterocycles. The highest BCUT2D eigenvalue weighted by Gasteiger charge is 2.17. The maximum atomic E-state index is 11.7. The number of Topliss-reactive ketones (excluding diaryl/α,β-unsaturated/α-hetero) is 1. The molecule has 2 aromatic rings. The Morgan fingerprint density at radius 2 is 1.57 bits per heavy atom. The Morgan fingerprint density at radius 1 is 0.913 bits per heavy atom. The first kappa shape index (κ1) is 15.8. The van der Waals surface area contributed by atoms with Crippen molar-refractivity contribution in [2.75, 3.05) is 31.1 Å². The first-order chi connectivity index (χ1) is 11.3. The van der Waals surface area contributed by atoms with Crippen molar-refractivity contribution in [1.29, 1.82) is 0 Å². The van der Waals surface area contributed by atoms with Crippen molar-refractivity contribution in [3.63, 3.8) is 0 Å². The molecule has 0 bridgehead atoms. The van der Waals surface area contributed by atoms with Crippen LogP contribution in [0.5, 0.6) is 0 Å². The molecule has 0 aromatic heterocycles. The summed E-state index contributed by atoms with van der Waals surface area (Å²) in [6.07, 6.45) is 0.567. The molecular weight excluding hydrogens is 284 g/mol. The van der Waals surface area contributed by atoms with E-state index in [9.17, 15) is 4.79 Å². The lowest BCUT2D eigenvalue weighted by molar-refractivity contribution is 0.0988. The summed E-state index contributed by atoms with van der Waals surface area (Å²) >= 11 is 0. The fourth-order valence-corrected chi connectivity index (χ4v) is 3.07. The number of benzene rings is 2. The van der Waals surface area contributed by atoms with Crippen molar-refractivity contribution in [1.82, 2.24) is 4.90 Å². The van der Waals surface area contributed by atoms with Gasteiger partial charge in [0.25, 0.3) is 0 Å². The zero-order valence-corrected chi connectivity index (χ0v) is 13.7. The number of hydrogen-bond acceptors (Lipinski definition) is 3. The van der Waals surface area contributed by atoms with Gasteiger partial charge >= 0.3 is 0 Å². The third-order valence-electron chi connectivity index (χ3n) is 4.50. The highest BCUT2D eigenvalue weighted by molar-refractivity contribution is 5.96. The average molecular weight is 308 g/mol. The molecule has 1 aliphatic rings. The van der Waals surface area contributed by atoms with Crippen LogP contribution in [0.25, 0.3) is 0 Å². The van der Waals surface area contributed by atoms with E-state index in [0.717, 1.165) is 38.3 Å². The summed E-state index contributed by atoms with van der Waals surface area (Å²) in [6, 6.07) is 18.7. The van der Waals surface area contributed by atoms with Gasteiger partial charge in [0, 0.05) is 50.4 Å². The van der Waals surface area contributed by atoms with E-state index in [2.05, 4.69) is 52.3 Å². The van der Waals surface area contributed by atoms with Crippen LogP contribution in [0.2, 0.25) is 0 Å². The second-order valence-corrected chi connectivity index (χ2v) is 6.07. The standard InChI is InChI=1S/C20H24N2O/c1-2-20(23)18-8-10-19(11-9-18)22-14-12-21(13-15-22)16-17-6-4-3-5-7-17/h3-11H,2,12-16H2,1H3. The van der Waals surface area contributed by atoms with Crippen LogP contribution in [-0.2, 0) is 6.54 Å². The smallest absolute Gasteiger partial charge is 0.162 e. The van der Waals surface area contributed by atoms with Crippen molar-refractivity contribution in [3.8, 4) is 0 Å². The molecule has 0 spiro atoms. The Bertz CT molecular complexity index is 628. The van der Waals surface area contributed by atoms with Gasteiger partial charge in [-0.05, 0) is 29.8 Å². The van der Waals surface area contributed by atoms with Gasteiger partial charge < -0.3 is 4.90 Å². The molecule has 0 radical (unpaired) electrons. The average Bonchev–Trinajstić information content (AvgIpc) is 2.63. The van der Waals surface area contributed by atoms with Gasteiger partial charge in [-0.25, -0.2) is 0 Å². The van der Waals surface area contributed by atoms with Gasteiger partial charge in [0.15, 0.2) is 5.78 Å². The largest absolute Gasteiger partial charge is 0.369 e. The molecule has 120 valence electrons. The zero-order valence-electron chi connectivity index (χ0n) is 13.7. The van der Waals surface area contributed by atoms with E-state index in [1.54, 1.807) is 0 Å². The van der Waals surface area contributed by atoms with E-state index >= 15 is 0 Å². The lowest BCUT2D eigenvalue weighted by Crippen LogP contribution is -2.45. The molecule has 2 aromatic carbocycles. The molecule has 0 N–H and O–H groups in total. The predicted molar refractivity (Wildman–Crippen MR) is 95.0 cm³/mol. The summed E-state index contributed by atoms with van der Waals surface area (Å²) in [5.41, 5.74) is 3.42. The minimum atomic E-state index is 0.212. The third-order valence-corrected chi connectivity index (χ3v) is 4.50. The van der Waals surface area contributed by atoms with Gasteiger partial charge in [0.1, 0.15) is 0 Å². The van der Waals surface area contributed by atoms with Crippen LogP contribution in [-0.4, -0.2) is 36.9 Å². The summed E-state index contributed by atoms with van der Waals surface area (Å²) in [7, 11) is 0. The monoisotopic (exact) mass is 308 g/mol. The van der Waals surface area contributed by atoms with E-state index in [0.29, 0.717) is 6.42 Å². The van der Waals surface area contributed by atoms with Gasteiger partial charge in [0.2, 0.25) is 0 Å². The minimum absolute atomic E-state index is 0.212. The van der Waals surface area contributed by atoms with Crippen molar-refractivity contribution >= 4 is 11.5 Å². The molecule has 1 saturated heterocycles. The first-order valence-electron chi connectivity index (χ1n) is 8.41. The van der Waals surface area contributed by atoms with Crippen molar-refractivity contribution in [3.05, 3.63) is 65.7 Å². The van der Waals surface area contributed by atoms with Crippen molar-refractivity contribution < 1.29 is 4.79 Å². The maximum Gasteiger partial charge on any atom is 0.162 e. The predicted octanol–water partition coefficient (Wildman–Crippen LogP) is 3.60. The van der Waals surface area contributed by atoms with Crippen LogP contribution in [0.1, 0.15) is 29.3 Å². The van der Waals surface area contributed by atoms with Gasteiger partial charge in [-0.15, -0.1) is 0 Å². The third kappa shape index (κ3) is 3.99. The fourth-order valence-electron chi connectivity index (χ4n) is 3.07. The quantitative estimate of drug-likeness (QED) is 0.789. The molecule has 1 fully saturated rings. The maximum absolute atomic E-state index is 11.7. The molecule has 23 heavy (non-hydrogen) atoms. The molecule has 0 amide bonds. The Hall–Kier alpha value is -2.13. The van der Waals surface area contributed by atoms with Crippen molar-refractivity contribution in [2.45, 2.75) is 19.9 Å². The van der Waals surface area contributed by atoms with Crippen LogP contribution in [0, 0.1) is 0 Å². The normalized spacial score (nSPS) is 15.6. The van der Waals surface area contributed by atoms with Crippen molar-refractivity contribution in [2.24, 2.45) is 0 Å². The number of carbonyl (C=O) groups is 1. The number of ketones is 1. The molecule has 0 aliphatic carbocycles. The van der Waals surface area contributed by atoms with Crippen LogP contribution in [0.15, 0.2) is 54.6 Å². The second-order valence-electron chi connectivity index (χ2n) is 6.07. The van der Waals surface area contributed by atoms with E-state index in [1.807, 2.05) is 19.1 Å². The number of rotatable bonds is 5. The molecule has 3 rings (SSSR count). The lowest BCUT2D eigenvalue weighted by Gasteiger charge is -2.36. The number of carbonyl (C=O) groups excluding carboxylic acids is 1. The molecule has 1 aliphatic heterocycles. The fraction of sp³-hybridized carbons (Fsp3) is 0.350. The molecular formula is C20H24N2O. The molecule has 0 saturated carbocycles. The molecule has 0 unspecified atom stereocenters. The lowest BCUT2D eigenvalue weighted by atomic mass is 10.1. The van der Waals surface area contributed by atoms with Crippen LogP contribution in [0.3, 0.4) is 0 Å². The van der Waals surface area contributed by atoms with E-state index < -0.39 is 0 Å². The summed E-state index contributed by atoms with van der Waals surface area (Å²) in [4.78, 5) is 16.6. The van der Waals surface area contributed by atoms with E-state index in [-0.39, 0.29) is 5.78 Å². The van der Waals surface area contributed by atoms with Crippen LogP contribution >= 0.6 is 0 Å². The topological polar surface area (TPSA) is 23.6 Å². The summed E-state index contributed by atoms with van der Waals surface area (Å²) in [5, 5.41) is 0.